The molecule has 2 aromatic rings. The summed E-state index contributed by atoms with van der Waals surface area (Å²) in [7, 11) is 3.15. The molecule has 2 aromatic heterocycles. The number of anilines is 1. The number of pyridine rings is 2. The van der Waals surface area contributed by atoms with E-state index < -0.39 is 0 Å². The number of carbonyl (C=O) groups excluding carboxylic acids is 1. The van der Waals surface area contributed by atoms with Crippen LogP contribution in [0.4, 0.5) is 5.82 Å². The van der Waals surface area contributed by atoms with Crippen molar-refractivity contribution in [1.82, 2.24) is 14.9 Å². The number of hydrogen-bond acceptors (Lipinski definition) is 7. The third kappa shape index (κ3) is 5.05. The van der Waals surface area contributed by atoms with Crippen molar-refractivity contribution in [3.63, 3.8) is 0 Å². The molecule has 4 rings (SSSR count). The van der Waals surface area contributed by atoms with Crippen molar-refractivity contribution in [2.75, 3.05) is 45.4 Å². The molecule has 1 amide bonds. The van der Waals surface area contributed by atoms with E-state index in [1.807, 2.05) is 24.0 Å². The molecular formula is C24H28ClN5O3. The van der Waals surface area contributed by atoms with Crippen molar-refractivity contribution in [3.8, 4) is 23.1 Å². The van der Waals surface area contributed by atoms with Gasteiger partial charge in [0.25, 0.3) is 0 Å². The van der Waals surface area contributed by atoms with E-state index in [-0.39, 0.29) is 11.9 Å². The lowest BCUT2D eigenvalue weighted by Gasteiger charge is -2.41. The molecule has 1 aliphatic carbocycles. The average molecular weight is 470 g/mol. The fourth-order valence-corrected chi connectivity index (χ4v) is 4.53. The Kier molecular flexibility index (Phi) is 7.01. The van der Waals surface area contributed by atoms with Crippen molar-refractivity contribution in [2.45, 2.75) is 38.1 Å². The van der Waals surface area contributed by atoms with Gasteiger partial charge in [-0.25, -0.2) is 9.97 Å². The molecule has 8 nitrogen and oxygen atoms in total. The number of rotatable bonds is 7. The van der Waals surface area contributed by atoms with Crippen LogP contribution in [-0.2, 0) is 9.53 Å². The maximum Gasteiger partial charge on any atom is 0.225 e. The van der Waals surface area contributed by atoms with Crippen LogP contribution in [0.2, 0.25) is 5.15 Å². The summed E-state index contributed by atoms with van der Waals surface area (Å²) < 4.78 is 10.3. The highest BCUT2D eigenvalue weighted by Crippen LogP contribution is 2.45. The number of nitrogens with zero attached hydrogens (tertiary/aromatic N) is 5. The molecular weight excluding hydrogens is 442 g/mol. The Morgan fingerprint density at radius 2 is 2.03 bits per heavy atom. The van der Waals surface area contributed by atoms with Crippen molar-refractivity contribution in [2.24, 2.45) is 0 Å². The Morgan fingerprint density at radius 1 is 1.24 bits per heavy atom. The van der Waals surface area contributed by atoms with Gasteiger partial charge in [-0.3, -0.25) is 4.79 Å². The Morgan fingerprint density at radius 3 is 2.67 bits per heavy atom. The Hall–Kier alpha value is -2.89. The summed E-state index contributed by atoms with van der Waals surface area (Å²) in [6.07, 6.45) is 2.51. The van der Waals surface area contributed by atoms with Gasteiger partial charge in [-0.05, 0) is 37.5 Å². The molecule has 33 heavy (non-hydrogen) atoms. The summed E-state index contributed by atoms with van der Waals surface area (Å²) in [5, 5.41) is 10.3. The van der Waals surface area contributed by atoms with Gasteiger partial charge in [0.1, 0.15) is 17.0 Å². The van der Waals surface area contributed by atoms with E-state index in [4.69, 9.17) is 26.1 Å². The van der Waals surface area contributed by atoms with Gasteiger partial charge < -0.3 is 19.3 Å². The first-order valence-electron chi connectivity index (χ1n) is 11.2. The Balaban J connectivity index is 1.66. The molecule has 0 spiro atoms. The molecule has 9 heteroatoms. The SMILES string of the molecule is COCCC(=O)N1CCN(c2nc(C3CC3)c(-c3cc(Cl)nc(OC)c3)cc2C#N)C[C@H]1C. The molecule has 0 radical (unpaired) electrons. The standard InChI is InChI=1S/C24H28ClN5O3/c1-15-14-29(7-8-30(15)22(31)6-9-32-2)24-18(13-26)10-19(23(28-24)16-4-5-16)17-11-20(25)27-21(12-17)33-3/h10-12,15-16H,4-9,14H2,1-3H3/t15-/m1/s1. The average Bonchev–Trinajstić information content (AvgIpc) is 3.66. The zero-order valence-corrected chi connectivity index (χ0v) is 19.9. The second-order valence-electron chi connectivity index (χ2n) is 8.52. The molecule has 1 saturated heterocycles. The minimum atomic E-state index is 0.0174. The highest BCUT2D eigenvalue weighted by Gasteiger charge is 2.33. The molecule has 0 aromatic carbocycles. The number of amides is 1. The van der Waals surface area contributed by atoms with Crippen LogP contribution in [0, 0.1) is 11.3 Å². The molecule has 1 aliphatic heterocycles. The number of halogens is 1. The first-order valence-corrected chi connectivity index (χ1v) is 11.5. The minimum Gasteiger partial charge on any atom is -0.481 e. The Bertz CT molecular complexity index is 1080. The lowest BCUT2D eigenvalue weighted by molar-refractivity contribution is -0.134. The number of piperazine rings is 1. The molecule has 174 valence electrons. The van der Waals surface area contributed by atoms with Gasteiger partial charge in [-0.2, -0.15) is 5.26 Å². The van der Waals surface area contributed by atoms with Crippen LogP contribution in [0.1, 0.15) is 43.4 Å². The fraction of sp³-hybridized carbons (Fsp3) is 0.500. The third-order valence-corrected chi connectivity index (χ3v) is 6.37. The third-order valence-electron chi connectivity index (χ3n) is 6.17. The minimum absolute atomic E-state index is 0.0174. The lowest BCUT2D eigenvalue weighted by atomic mass is 9.99. The molecule has 3 heterocycles. The molecule has 1 atom stereocenters. The summed E-state index contributed by atoms with van der Waals surface area (Å²) >= 11 is 6.22. The zero-order valence-electron chi connectivity index (χ0n) is 19.2. The van der Waals surface area contributed by atoms with Crippen molar-refractivity contribution >= 4 is 23.3 Å². The predicted octanol–water partition coefficient (Wildman–Crippen LogP) is 3.63. The number of aromatic nitrogens is 2. The molecule has 2 aliphatic rings. The largest absolute Gasteiger partial charge is 0.481 e. The van der Waals surface area contributed by atoms with Crippen molar-refractivity contribution < 1.29 is 14.3 Å². The normalized spacial score (nSPS) is 18.2. The monoisotopic (exact) mass is 469 g/mol. The maximum absolute atomic E-state index is 12.5. The van der Waals surface area contributed by atoms with E-state index in [1.54, 1.807) is 20.3 Å². The number of methoxy groups -OCH3 is 2. The molecule has 2 fully saturated rings. The first-order chi connectivity index (χ1) is 15.9. The number of ether oxygens (including phenoxy) is 2. The predicted molar refractivity (Wildman–Crippen MR) is 126 cm³/mol. The zero-order chi connectivity index (χ0) is 23.5. The summed E-state index contributed by atoms with van der Waals surface area (Å²) in [6.45, 7) is 4.29. The smallest absolute Gasteiger partial charge is 0.225 e. The van der Waals surface area contributed by atoms with Crippen molar-refractivity contribution in [1.29, 1.82) is 5.26 Å². The van der Waals surface area contributed by atoms with Gasteiger partial charge in [-0.15, -0.1) is 0 Å². The van der Waals surface area contributed by atoms with E-state index in [9.17, 15) is 10.1 Å². The number of nitriles is 1. The van der Waals surface area contributed by atoms with E-state index in [1.165, 1.54) is 0 Å². The number of hydrogen-bond donors (Lipinski definition) is 0. The quantitative estimate of drug-likeness (QED) is 0.572. The summed E-state index contributed by atoms with van der Waals surface area (Å²) in [4.78, 5) is 25.7. The van der Waals surface area contributed by atoms with Crippen LogP contribution in [-0.4, -0.2) is 67.3 Å². The van der Waals surface area contributed by atoms with Crippen LogP contribution < -0.4 is 9.64 Å². The van der Waals surface area contributed by atoms with Gasteiger partial charge in [-0.1, -0.05) is 11.6 Å². The van der Waals surface area contributed by atoms with E-state index in [2.05, 4.69) is 16.0 Å². The molecule has 0 bridgehead atoms. The van der Waals surface area contributed by atoms with Gasteiger partial charge >= 0.3 is 0 Å². The van der Waals surface area contributed by atoms with Gasteiger partial charge in [0.2, 0.25) is 11.8 Å². The Labute approximate surface area is 199 Å². The lowest BCUT2D eigenvalue weighted by Crippen LogP contribution is -2.54. The van der Waals surface area contributed by atoms with E-state index >= 15 is 0 Å². The van der Waals surface area contributed by atoms with Crippen LogP contribution in [0.15, 0.2) is 18.2 Å². The van der Waals surface area contributed by atoms with Crippen molar-refractivity contribution in [3.05, 3.63) is 34.6 Å². The second kappa shape index (κ2) is 9.94. The van der Waals surface area contributed by atoms with E-state index in [0.717, 1.165) is 29.7 Å². The van der Waals surface area contributed by atoms with E-state index in [0.29, 0.717) is 61.0 Å². The van der Waals surface area contributed by atoms with Crippen LogP contribution in [0.25, 0.3) is 11.1 Å². The highest BCUT2D eigenvalue weighted by molar-refractivity contribution is 6.29. The molecule has 0 unspecified atom stereocenters. The number of carbonyl (C=O) groups is 1. The summed E-state index contributed by atoms with van der Waals surface area (Å²) in [6, 6.07) is 7.85. The van der Waals surface area contributed by atoms with Gasteiger partial charge in [0.15, 0.2) is 0 Å². The second-order valence-corrected chi connectivity index (χ2v) is 8.91. The molecule has 0 N–H and O–H groups in total. The highest BCUT2D eigenvalue weighted by atomic mass is 35.5. The van der Waals surface area contributed by atoms with Gasteiger partial charge in [0, 0.05) is 50.3 Å². The topological polar surface area (TPSA) is 91.6 Å². The summed E-state index contributed by atoms with van der Waals surface area (Å²) in [5.41, 5.74) is 3.21. The van der Waals surface area contributed by atoms with Crippen LogP contribution >= 0.6 is 11.6 Å². The molecule has 1 saturated carbocycles. The maximum atomic E-state index is 12.5. The van der Waals surface area contributed by atoms with Crippen LogP contribution in [0.5, 0.6) is 5.88 Å². The summed E-state index contributed by atoms with van der Waals surface area (Å²) in [5.74, 6) is 1.56. The van der Waals surface area contributed by atoms with Crippen LogP contribution in [0.3, 0.4) is 0 Å². The fourth-order valence-electron chi connectivity index (χ4n) is 4.33. The van der Waals surface area contributed by atoms with Gasteiger partial charge in [0.05, 0.1) is 31.4 Å². The first kappa shape index (κ1) is 23.3.